The molecule has 2 bridgehead atoms. The molecule has 5 rings (SSSR count). The number of hydrogen-bond acceptors (Lipinski definition) is 4. The molecule has 4 atom stereocenters. The van der Waals surface area contributed by atoms with E-state index in [1.165, 1.54) is 36.0 Å². The molecular formula is C38H54O4. The minimum atomic E-state index is -0.518. The van der Waals surface area contributed by atoms with Crippen LogP contribution in [0.5, 0.6) is 11.5 Å². The number of benzene rings is 2. The minimum Gasteiger partial charge on any atom is -0.496 e. The van der Waals surface area contributed by atoms with Crippen LogP contribution in [0, 0.1) is 22.7 Å². The largest absolute Gasteiger partial charge is 0.496 e. The molecule has 4 heteroatoms. The van der Waals surface area contributed by atoms with Gasteiger partial charge in [-0.1, -0.05) is 90.3 Å². The van der Waals surface area contributed by atoms with E-state index in [1.807, 2.05) is 20.8 Å². The molecule has 0 amide bonds. The van der Waals surface area contributed by atoms with Gasteiger partial charge >= 0.3 is 5.97 Å². The molecule has 2 aromatic rings. The number of esters is 1. The molecule has 42 heavy (non-hydrogen) atoms. The number of rotatable bonds is 12. The SMILES string of the molecule is CCCCC[C@H](c1ccccc1)C(C)(C)c1cc(OC)c([C@H]2C=C(COC(=O)C(C)(C)C)[C@H]3C[C@@H]2C3(C)C)c(OC)c1. The van der Waals surface area contributed by atoms with E-state index in [1.54, 1.807) is 14.2 Å². The zero-order valence-corrected chi connectivity index (χ0v) is 27.8. The van der Waals surface area contributed by atoms with Crippen molar-refractivity contribution in [3.63, 3.8) is 0 Å². The maximum Gasteiger partial charge on any atom is 0.311 e. The molecule has 1 fully saturated rings. The molecular weight excluding hydrogens is 520 g/mol. The van der Waals surface area contributed by atoms with Gasteiger partial charge in [-0.15, -0.1) is 0 Å². The van der Waals surface area contributed by atoms with Gasteiger partial charge in [0.2, 0.25) is 0 Å². The summed E-state index contributed by atoms with van der Waals surface area (Å²) in [5.41, 5.74) is 4.40. The Kier molecular flexibility index (Phi) is 9.55. The summed E-state index contributed by atoms with van der Waals surface area (Å²) in [4.78, 5) is 12.6. The molecule has 3 aliphatic carbocycles. The fourth-order valence-corrected chi connectivity index (χ4v) is 7.53. The number of carbonyl (C=O) groups excluding carboxylic acids is 1. The normalized spacial score (nSPS) is 22.0. The van der Waals surface area contributed by atoms with Gasteiger partial charge in [0.15, 0.2) is 0 Å². The summed E-state index contributed by atoms with van der Waals surface area (Å²) in [6.07, 6.45) is 8.23. The lowest BCUT2D eigenvalue weighted by atomic mass is 9.45. The molecule has 0 radical (unpaired) electrons. The molecule has 0 aliphatic heterocycles. The van der Waals surface area contributed by atoms with Crippen molar-refractivity contribution < 1.29 is 19.0 Å². The van der Waals surface area contributed by atoms with Gasteiger partial charge in [0, 0.05) is 11.5 Å². The van der Waals surface area contributed by atoms with Crippen LogP contribution in [0.25, 0.3) is 0 Å². The van der Waals surface area contributed by atoms with E-state index in [2.05, 4.69) is 83.2 Å². The highest BCUT2D eigenvalue weighted by molar-refractivity contribution is 5.75. The fraction of sp³-hybridized carbons (Fsp3) is 0.605. The summed E-state index contributed by atoms with van der Waals surface area (Å²) in [5.74, 6) is 3.00. The molecule has 0 aromatic heterocycles. The van der Waals surface area contributed by atoms with Gasteiger partial charge < -0.3 is 14.2 Å². The first kappa shape index (κ1) is 32.2. The van der Waals surface area contributed by atoms with Crippen LogP contribution >= 0.6 is 0 Å². The van der Waals surface area contributed by atoms with E-state index in [9.17, 15) is 4.79 Å². The van der Waals surface area contributed by atoms with Crippen LogP contribution in [-0.2, 0) is 14.9 Å². The zero-order chi connectivity index (χ0) is 30.9. The van der Waals surface area contributed by atoms with Gasteiger partial charge in [-0.25, -0.2) is 0 Å². The number of hydrogen-bond donors (Lipinski definition) is 0. The average Bonchev–Trinajstić information content (AvgIpc) is 2.96. The highest BCUT2D eigenvalue weighted by Gasteiger charge is 2.56. The Bertz CT molecular complexity index is 1240. The van der Waals surface area contributed by atoms with Gasteiger partial charge in [0.1, 0.15) is 18.1 Å². The predicted octanol–water partition coefficient (Wildman–Crippen LogP) is 9.62. The van der Waals surface area contributed by atoms with E-state index < -0.39 is 5.41 Å². The molecule has 0 N–H and O–H groups in total. The van der Waals surface area contributed by atoms with Gasteiger partial charge in [-0.3, -0.25) is 4.79 Å². The van der Waals surface area contributed by atoms with E-state index in [-0.39, 0.29) is 22.7 Å². The van der Waals surface area contributed by atoms with Crippen molar-refractivity contribution in [2.75, 3.05) is 20.8 Å². The summed E-state index contributed by atoms with van der Waals surface area (Å²) in [6, 6.07) is 15.5. The third-order valence-corrected chi connectivity index (χ3v) is 10.4. The molecule has 4 nitrogen and oxygen atoms in total. The van der Waals surface area contributed by atoms with Gasteiger partial charge in [-0.05, 0) is 91.0 Å². The van der Waals surface area contributed by atoms with Crippen LogP contribution in [0.2, 0.25) is 0 Å². The van der Waals surface area contributed by atoms with E-state index >= 15 is 0 Å². The van der Waals surface area contributed by atoms with E-state index in [0.717, 1.165) is 29.9 Å². The number of unbranched alkanes of at least 4 members (excludes halogenated alkanes) is 2. The Morgan fingerprint density at radius 1 is 0.976 bits per heavy atom. The summed E-state index contributed by atoms with van der Waals surface area (Å²) in [7, 11) is 3.55. The van der Waals surface area contributed by atoms with E-state index in [4.69, 9.17) is 14.2 Å². The Morgan fingerprint density at radius 3 is 2.12 bits per heavy atom. The topological polar surface area (TPSA) is 44.8 Å². The van der Waals surface area contributed by atoms with Crippen LogP contribution in [0.1, 0.15) is 116 Å². The predicted molar refractivity (Wildman–Crippen MR) is 173 cm³/mol. The second-order valence-corrected chi connectivity index (χ2v) is 14.8. The number of allylic oxidation sites excluding steroid dienone is 1. The van der Waals surface area contributed by atoms with Crippen molar-refractivity contribution in [3.8, 4) is 11.5 Å². The lowest BCUT2D eigenvalue weighted by Crippen LogP contribution is -2.52. The molecule has 2 aromatic carbocycles. The van der Waals surface area contributed by atoms with Crippen molar-refractivity contribution in [2.24, 2.45) is 22.7 Å². The number of methoxy groups -OCH3 is 2. The third-order valence-electron chi connectivity index (χ3n) is 10.4. The maximum atomic E-state index is 12.6. The van der Waals surface area contributed by atoms with Crippen LogP contribution in [0.3, 0.4) is 0 Å². The summed E-state index contributed by atoms with van der Waals surface area (Å²) >= 11 is 0. The first-order valence-electron chi connectivity index (χ1n) is 16.0. The number of carbonyl (C=O) groups is 1. The molecule has 3 aliphatic rings. The van der Waals surface area contributed by atoms with Crippen molar-refractivity contribution in [3.05, 3.63) is 70.8 Å². The Morgan fingerprint density at radius 2 is 1.60 bits per heavy atom. The number of ether oxygens (including phenoxy) is 3. The van der Waals surface area contributed by atoms with Gasteiger partial charge in [0.25, 0.3) is 0 Å². The first-order valence-corrected chi connectivity index (χ1v) is 16.0. The standard InChI is InChI=1S/C38H54O4/c1-11-12-14-19-29(25-17-15-13-16-18-25)37(5,6)27-21-32(40-9)34(33(22-27)41-10)28-20-26(24-42-35(39)36(2,3)4)30-23-31(28)38(30,7)8/h13,15-18,20-22,28-31H,11-12,14,19,23-24H2,1-10H3/t28-,29+,30+,31-/m0/s1. The average molecular weight is 575 g/mol. The van der Waals surface area contributed by atoms with Crippen LogP contribution < -0.4 is 9.47 Å². The van der Waals surface area contributed by atoms with Crippen molar-refractivity contribution in [1.29, 1.82) is 0 Å². The molecule has 0 spiro atoms. The third kappa shape index (κ3) is 6.15. The molecule has 230 valence electrons. The summed E-state index contributed by atoms with van der Waals surface area (Å²) in [5, 5.41) is 0. The zero-order valence-electron chi connectivity index (χ0n) is 27.8. The molecule has 0 heterocycles. The van der Waals surface area contributed by atoms with Crippen LogP contribution in [0.4, 0.5) is 0 Å². The van der Waals surface area contributed by atoms with Gasteiger partial charge in [0.05, 0.1) is 19.6 Å². The second kappa shape index (κ2) is 12.5. The quantitative estimate of drug-likeness (QED) is 0.144. The number of fused-ring (bicyclic) bond motifs is 1. The Balaban J connectivity index is 1.75. The van der Waals surface area contributed by atoms with Crippen molar-refractivity contribution in [2.45, 2.75) is 105 Å². The van der Waals surface area contributed by atoms with Crippen LogP contribution in [0.15, 0.2) is 54.1 Å². The molecule has 1 saturated carbocycles. The van der Waals surface area contributed by atoms with Crippen molar-refractivity contribution >= 4 is 5.97 Å². The molecule has 0 saturated heterocycles. The monoisotopic (exact) mass is 574 g/mol. The van der Waals surface area contributed by atoms with E-state index in [0.29, 0.717) is 24.4 Å². The first-order chi connectivity index (χ1) is 19.8. The summed E-state index contributed by atoms with van der Waals surface area (Å²) in [6.45, 7) is 17.8. The smallest absolute Gasteiger partial charge is 0.311 e. The second-order valence-electron chi connectivity index (χ2n) is 14.8. The van der Waals surface area contributed by atoms with Gasteiger partial charge in [-0.2, -0.15) is 0 Å². The highest BCUT2D eigenvalue weighted by atomic mass is 16.5. The lowest BCUT2D eigenvalue weighted by molar-refractivity contribution is -0.152. The lowest BCUT2D eigenvalue weighted by Gasteiger charge is -2.59. The Hall–Kier alpha value is -2.75. The summed E-state index contributed by atoms with van der Waals surface area (Å²) < 4.78 is 18.2. The fourth-order valence-electron chi connectivity index (χ4n) is 7.53. The maximum absolute atomic E-state index is 12.6. The van der Waals surface area contributed by atoms with Crippen LogP contribution in [-0.4, -0.2) is 26.8 Å². The minimum absolute atomic E-state index is 0.106. The highest BCUT2D eigenvalue weighted by Crippen LogP contribution is 2.65. The van der Waals surface area contributed by atoms with Crippen molar-refractivity contribution in [1.82, 2.24) is 0 Å². The molecule has 0 unspecified atom stereocenters. The Labute approximate surface area is 255 Å².